The maximum atomic E-state index is 14.4. The molecular formula is C30H50O. The third kappa shape index (κ3) is 2.59. The molecule has 0 heterocycles. The minimum Gasteiger partial charge on any atom is -0.299 e. The van der Waals surface area contributed by atoms with Crippen LogP contribution >= 0.6 is 0 Å². The van der Waals surface area contributed by atoms with E-state index in [0.717, 1.165) is 24.2 Å². The van der Waals surface area contributed by atoms with E-state index in [1.54, 1.807) is 0 Å². The summed E-state index contributed by atoms with van der Waals surface area (Å²) >= 11 is 0. The summed E-state index contributed by atoms with van der Waals surface area (Å²) in [6.07, 6.45) is 14.3. The number of hydrogen-bond acceptors (Lipinski definition) is 1. The van der Waals surface area contributed by atoms with Crippen molar-refractivity contribution in [1.82, 2.24) is 0 Å². The zero-order valence-corrected chi connectivity index (χ0v) is 22.0. The molecule has 0 spiro atoms. The highest BCUT2D eigenvalue weighted by molar-refractivity contribution is 5.88. The lowest BCUT2D eigenvalue weighted by atomic mass is 9.29. The van der Waals surface area contributed by atoms with Crippen LogP contribution < -0.4 is 0 Å². The molecule has 9 unspecified atom stereocenters. The molecule has 0 bridgehead atoms. The maximum Gasteiger partial charge on any atom is 0.140 e. The molecule has 0 N–H and O–H groups in total. The highest BCUT2D eigenvalue weighted by Gasteiger charge is 2.74. The van der Waals surface area contributed by atoms with Gasteiger partial charge in [0.25, 0.3) is 0 Å². The van der Waals surface area contributed by atoms with Crippen molar-refractivity contribution >= 4 is 5.78 Å². The van der Waals surface area contributed by atoms with Gasteiger partial charge in [0.2, 0.25) is 0 Å². The van der Waals surface area contributed by atoms with Crippen molar-refractivity contribution in [3.63, 3.8) is 0 Å². The van der Waals surface area contributed by atoms with Crippen LogP contribution in [-0.4, -0.2) is 5.78 Å². The molecule has 5 aliphatic carbocycles. The fourth-order valence-corrected chi connectivity index (χ4v) is 11.0. The lowest BCUT2D eigenvalue weighted by Gasteiger charge is -2.74. The number of rotatable bonds is 0. The van der Waals surface area contributed by atoms with Gasteiger partial charge in [0.05, 0.1) is 0 Å². The van der Waals surface area contributed by atoms with Crippen LogP contribution in [-0.2, 0) is 4.79 Å². The number of Topliss-reactive ketones (excluding diaryl/α,β-unsaturated/α-hetero) is 1. The van der Waals surface area contributed by atoms with Crippen LogP contribution in [0.5, 0.6) is 0 Å². The second-order valence-electron chi connectivity index (χ2n) is 15.2. The second-order valence-corrected chi connectivity index (χ2v) is 15.2. The van der Waals surface area contributed by atoms with Crippen molar-refractivity contribution in [3.05, 3.63) is 0 Å². The van der Waals surface area contributed by atoms with Crippen molar-refractivity contribution in [1.29, 1.82) is 0 Å². The first-order chi connectivity index (χ1) is 14.2. The third-order valence-corrected chi connectivity index (χ3v) is 13.7. The molecule has 5 fully saturated rings. The van der Waals surface area contributed by atoms with E-state index >= 15 is 0 Å². The number of ketones is 1. The zero-order valence-electron chi connectivity index (χ0n) is 22.0. The Balaban J connectivity index is 1.60. The van der Waals surface area contributed by atoms with Crippen LogP contribution in [0.4, 0.5) is 0 Å². The highest BCUT2D eigenvalue weighted by Crippen LogP contribution is 2.78. The van der Waals surface area contributed by atoms with E-state index in [1.807, 2.05) is 0 Å². The predicted molar refractivity (Wildman–Crippen MR) is 130 cm³/mol. The van der Waals surface area contributed by atoms with Gasteiger partial charge in [-0.15, -0.1) is 0 Å². The van der Waals surface area contributed by atoms with Gasteiger partial charge in [-0.2, -0.15) is 0 Å². The van der Waals surface area contributed by atoms with Crippen LogP contribution in [0.2, 0.25) is 0 Å². The monoisotopic (exact) mass is 426 g/mol. The zero-order chi connectivity index (χ0) is 22.7. The standard InChI is InChI=1S/C30H50O/c1-20-10-9-11-23-27(20,5)19-24(31)30(8)28(6)17-16-26(4)15-14-25(2,3)18-22(26)21(28)12-13-29(23,30)7/h20-23H,9-19H2,1-8H3. The first-order valence-corrected chi connectivity index (χ1v) is 13.8. The maximum absolute atomic E-state index is 14.4. The molecule has 1 nitrogen and oxygen atoms in total. The molecule has 5 aliphatic rings. The van der Waals surface area contributed by atoms with E-state index in [0.29, 0.717) is 22.5 Å². The Hall–Kier alpha value is -0.330. The van der Waals surface area contributed by atoms with Crippen LogP contribution in [0.3, 0.4) is 0 Å². The molecule has 176 valence electrons. The molecule has 0 aromatic heterocycles. The van der Waals surface area contributed by atoms with Crippen LogP contribution in [0.1, 0.15) is 126 Å². The summed E-state index contributed by atoms with van der Waals surface area (Å²) in [6, 6.07) is 0. The van der Waals surface area contributed by atoms with Gasteiger partial charge in [0, 0.05) is 11.8 Å². The Bertz CT molecular complexity index is 781. The molecule has 0 aromatic rings. The van der Waals surface area contributed by atoms with Crippen molar-refractivity contribution in [2.45, 2.75) is 126 Å². The normalized spacial score (nSPS) is 58.5. The van der Waals surface area contributed by atoms with E-state index in [2.05, 4.69) is 55.4 Å². The molecule has 0 aliphatic heterocycles. The molecule has 0 radical (unpaired) electrons. The van der Waals surface area contributed by atoms with Crippen molar-refractivity contribution < 1.29 is 4.79 Å². The van der Waals surface area contributed by atoms with E-state index < -0.39 is 0 Å². The van der Waals surface area contributed by atoms with Crippen molar-refractivity contribution in [2.75, 3.05) is 0 Å². The van der Waals surface area contributed by atoms with Crippen molar-refractivity contribution in [3.8, 4) is 0 Å². The molecule has 1 heteroatoms. The molecule has 5 saturated carbocycles. The minimum atomic E-state index is -0.146. The number of carbonyl (C=O) groups is 1. The molecule has 31 heavy (non-hydrogen) atoms. The Labute approximate surface area is 192 Å². The topological polar surface area (TPSA) is 17.1 Å². The SMILES string of the molecule is CC1CCCC2C1(C)CC(=O)C1(C)C3(C)CCC4(C)CCC(C)(C)CC4C3CCC21C. The van der Waals surface area contributed by atoms with Gasteiger partial charge in [-0.3, -0.25) is 4.79 Å². The van der Waals surface area contributed by atoms with E-state index in [1.165, 1.54) is 64.2 Å². The number of carbonyl (C=O) groups excluding carboxylic acids is 1. The lowest BCUT2D eigenvalue weighted by molar-refractivity contribution is -0.251. The summed E-state index contributed by atoms with van der Waals surface area (Å²) in [4.78, 5) is 14.4. The Morgan fingerprint density at radius 2 is 1.42 bits per heavy atom. The van der Waals surface area contributed by atoms with Gasteiger partial charge >= 0.3 is 0 Å². The highest BCUT2D eigenvalue weighted by atomic mass is 16.1. The fourth-order valence-electron chi connectivity index (χ4n) is 11.0. The first kappa shape index (κ1) is 22.5. The molecule has 0 aromatic carbocycles. The summed E-state index contributed by atoms with van der Waals surface area (Å²) < 4.78 is 0. The lowest BCUT2D eigenvalue weighted by Crippen LogP contribution is -2.71. The Morgan fingerprint density at radius 3 is 2.13 bits per heavy atom. The summed E-state index contributed by atoms with van der Waals surface area (Å²) in [5, 5.41) is 0. The van der Waals surface area contributed by atoms with Gasteiger partial charge in [0.15, 0.2) is 0 Å². The molecule has 0 saturated heterocycles. The molecule has 9 atom stereocenters. The second kappa shape index (κ2) is 6.41. The number of fused-ring (bicyclic) bond motifs is 7. The summed E-state index contributed by atoms with van der Waals surface area (Å²) in [7, 11) is 0. The van der Waals surface area contributed by atoms with Gasteiger partial charge < -0.3 is 0 Å². The van der Waals surface area contributed by atoms with Crippen LogP contribution in [0.15, 0.2) is 0 Å². The van der Waals surface area contributed by atoms with Gasteiger partial charge in [0.1, 0.15) is 5.78 Å². The number of hydrogen-bond donors (Lipinski definition) is 0. The molecule has 5 rings (SSSR count). The van der Waals surface area contributed by atoms with Gasteiger partial charge in [-0.25, -0.2) is 0 Å². The van der Waals surface area contributed by atoms with Gasteiger partial charge in [-0.1, -0.05) is 68.2 Å². The fraction of sp³-hybridized carbons (Fsp3) is 0.967. The third-order valence-electron chi connectivity index (χ3n) is 13.7. The molecular weight excluding hydrogens is 376 g/mol. The Morgan fingerprint density at radius 1 is 0.742 bits per heavy atom. The average Bonchev–Trinajstić information content (AvgIpc) is 2.68. The van der Waals surface area contributed by atoms with Crippen molar-refractivity contribution in [2.24, 2.45) is 56.2 Å². The molecule has 0 amide bonds. The minimum absolute atomic E-state index is 0.146. The Kier molecular flexibility index (Phi) is 4.65. The van der Waals surface area contributed by atoms with Crippen LogP contribution in [0, 0.1) is 56.2 Å². The first-order valence-electron chi connectivity index (χ1n) is 13.8. The summed E-state index contributed by atoms with van der Waals surface area (Å²) in [5.41, 5.74) is 1.41. The van der Waals surface area contributed by atoms with E-state index in [-0.39, 0.29) is 21.7 Å². The van der Waals surface area contributed by atoms with E-state index in [4.69, 9.17) is 0 Å². The average molecular weight is 427 g/mol. The van der Waals surface area contributed by atoms with Gasteiger partial charge in [-0.05, 0) is 102 Å². The van der Waals surface area contributed by atoms with E-state index in [9.17, 15) is 4.79 Å². The summed E-state index contributed by atoms with van der Waals surface area (Å²) in [5.74, 6) is 3.60. The quantitative estimate of drug-likeness (QED) is 0.379. The largest absolute Gasteiger partial charge is 0.299 e. The smallest absolute Gasteiger partial charge is 0.140 e. The summed E-state index contributed by atoms with van der Waals surface area (Å²) in [6.45, 7) is 20.3. The predicted octanol–water partition coefficient (Wildman–Crippen LogP) is 8.46. The van der Waals surface area contributed by atoms with Crippen LogP contribution in [0.25, 0.3) is 0 Å².